The number of halogens is 3. The second kappa shape index (κ2) is 7.21. The van der Waals surface area contributed by atoms with Crippen LogP contribution in [0.4, 0.5) is 18.9 Å². The van der Waals surface area contributed by atoms with E-state index >= 15 is 0 Å². The molecular weight excluding hydrogens is 317 g/mol. The van der Waals surface area contributed by atoms with Gasteiger partial charge in [-0.1, -0.05) is 24.3 Å². The van der Waals surface area contributed by atoms with Gasteiger partial charge in [-0.3, -0.25) is 5.41 Å². The molecule has 0 fully saturated rings. The molecule has 2 aromatic rings. The summed E-state index contributed by atoms with van der Waals surface area (Å²) in [5.74, 6) is -0.130. The Morgan fingerprint density at radius 2 is 1.71 bits per heavy atom. The van der Waals surface area contributed by atoms with Gasteiger partial charge in [0, 0.05) is 5.69 Å². The maximum absolute atomic E-state index is 12.1. The second-order valence-electron chi connectivity index (χ2n) is 5.26. The van der Waals surface area contributed by atoms with Gasteiger partial charge in [0.25, 0.3) is 0 Å². The Morgan fingerprint density at radius 3 is 2.29 bits per heavy atom. The molecule has 0 bridgehead atoms. The first-order valence-electron chi connectivity index (χ1n) is 7.20. The standard InChI is InChI=1S/C18H17F3N2O/c1-12-5-3-4-6-14(12)11-13(2)17(22)23-15-7-9-16(10-8-15)24-18(19,20)21/h3-11H,1-2H3,(H2,22,23)/b13-11-. The summed E-state index contributed by atoms with van der Waals surface area (Å²) in [4.78, 5) is 0. The molecule has 0 amide bonds. The molecule has 2 aromatic carbocycles. The summed E-state index contributed by atoms with van der Waals surface area (Å²) in [6.07, 6.45) is -2.83. The zero-order valence-electron chi connectivity index (χ0n) is 13.2. The summed E-state index contributed by atoms with van der Waals surface area (Å²) in [5.41, 5.74) is 3.32. The molecule has 0 spiro atoms. The molecule has 0 saturated carbocycles. The smallest absolute Gasteiger partial charge is 0.406 e. The molecule has 0 radical (unpaired) electrons. The molecule has 6 heteroatoms. The monoisotopic (exact) mass is 334 g/mol. The number of hydrogen-bond acceptors (Lipinski definition) is 2. The molecule has 2 rings (SSSR count). The quantitative estimate of drug-likeness (QED) is 0.582. The van der Waals surface area contributed by atoms with E-state index in [0.29, 0.717) is 11.3 Å². The molecule has 0 saturated heterocycles. The van der Waals surface area contributed by atoms with Crippen molar-refractivity contribution in [3.63, 3.8) is 0 Å². The average molecular weight is 334 g/mol. The van der Waals surface area contributed by atoms with Gasteiger partial charge in [0.1, 0.15) is 11.6 Å². The topological polar surface area (TPSA) is 45.1 Å². The fourth-order valence-electron chi connectivity index (χ4n) is 2.04. The van der Waals surface area contributed by atoms with Crippen LogP contribution in [0.15, 0.2) is 54.1 Å². The molecule has 126 valence electrons. The lowest BCUT2D eigenvalue weighted by molar-refractivity contribution is -0.274. The molecule has 0 aliphatic rings. The number of alkyl halides is 3. The van der Waals surface area contributed by atoms with Crippen molar-refractivity contribution in [3.05, 3.63) is 65.2 Å². The van der Waals surface area contributed by atoms with Crippen LogP contribution in [0.3, 0.4) is 0 Å². The van der Waals surface area contributed by atoms with Crippen LogP contribution in [-0.4, -0.2) is 12.2 Å². The van der Waals surface area contributed by atoms with E-state index < -0.39 is 6.36 Å². The van der Waals surface area contributed by atoms with Gasteiger partial charge in [-0.05, 0) is 60.9 Å². The Kier molecular flexibility index (Phi) is 5.28. The summed E-state index contributed by atoms with van der Waals surface area (Å²) >= 11 is 0. The molecule has 0 aliphatic heterocycles. The highest BCUT2D eigenvalue weighted by Crippen LogP contribution is 2.24. The highest BCUT2D eigenvalue weighted by molar-refractivity contribution is 6.08. The summed E-state index contributed by atoms with van der Waals surface area (Å²) in [6, 6.07) is 13.0. The van der Waals surface area contributed by atoms with Crippen LogP contribution >= 0.6 is 0 Å². The van der Waals surface area contributed by atoms with Gasteiger partial charge < -0.3 is 10.1 Å². The third-order valence-electron chi connectivity index (χ3n) is 3.31. The Balaban J connectivity index is 2.05. The lowest BCUT2D eigenvalue weighted by atomic mass is 10.1. The lowest BCUT2D eigenvalue weighted by Gasteiger charge is -2.11. The summed E-state index contributed by atoms with van der Waals surface area (Å²) in [7, 11) is 0. The number of rotatable bonds is 4. The predicted molar refractivity (Wildman–Crippen MR) is 89.3 cm³/mol. The normalized spacial score (nSPS) is 12.0. The first kappa shape index (κ1) is 17.6. The molecule has 0 unspecified atom stereocenters. The molecular formula is C18H17F3N2O. The number of benzene rings is 2. The van der Waals surface area contributed by atoms with Gasteiger partial charge in [-0.2, -0.15) is 0 Å². The number of hydrogen-bond donors (Lipinski definition) is 2. The van der Waals surface area contributed by atoms with Gasteiger partial charge in [-0.25, -0.2) is 0 Å². The van der Waals surface area contributed by atoms with Gasteiger partial charge >= 0.3 is 6.36 Å². The molecule has 0 atom stereocenters. The van der Waals surface area contributed by atoms with E-state index in [4.69, 9.17) is 5.41 Å². The summed E-state index contributed by atoms with van der Waals surface area (Å²) < 4.78 is 40.2. The fourth-order valence-corrected chi connectivity index (χ4v) is 2.04. The number of ether oxygens (including phenoxy) is 1. The van der Waals surface area contributed by atoms with Gasteiger partial charge in [0.2, 0.25) is 0 Å². The Hall–Kier alpha value is -2.76. The molecule has 0 aromatic heterocycles. The highest BCUT2D eigenvalue weighted by Gasteiger charge is 2.30. The van der Waals surface area contributed by atoms with Crippen molar-refractivity contribution in [2.45, 2.75) is 20.2 Å². The number of amidine groups is 1. The zero-order chi connectivity index (χ0) is 17.7. The minimum atomic E-state index is -4.71. The second-order valence-corrected chi connectivity index (χ2v) is 5.26. The first-order valence-corrected chi connectivity index (χ1v) is 7.20. The molecule has 2 N–H and O–H groups in total. The SMILES string of the molecule is C/C(=C/c1ccccc1C)C(=N)Nc1ccc(OC(F)(F)F)cc1. The molecule has 0 heterocycles. The van der Waals surface area contributed by atoms with Crippen LogP contribution in [0, 0.1) is 12.3 Å². The minimum absolute atomic E-state index is 0.169. The summed E-state index contributed by atoms with van der Waals surface area (Å²) in [6.45, 7) is 3.78. The van der Waals surface area contributed by atoms with Crippen molar-refractivity contribution in [2.24, 2.45) is 0 Å². The first-order chi connectivity index (χ1) is 11.2. The number of aryl methyl sites for hydroxylation is 1. The third kappa shape index (κ3) is 5.15. The van der Waals surface area contributed by atoms with Crippen LogP contribution in [0.25, 0.3) is 6.08 Å². The van der Waals surface area contributed by atoms with Gasteiger partial charge in [0.15, 0.2) is 0 Å². The van der Waals surface area contributed by atoms with Crippen molar-refractivity contribution in [2.75, 3.05) is 5.32 Å². The Labute approximate surface area is 138 Å². The van der Waals surface area contributed by atoms with E-state index in [9.17, 15) is 13.2 Å². The Morgan fingerprint density at radius 1 is 1.08 bits per heavy atom. The third-order valence-corrected chi connectivity index (χ3v) is 3.31. The van der Waals surface area contributed by atoms with E-state index in [1.54, 1.807) is 6.92 Å². The highest BCUT2D eigenvalue weighted by atomic mass is 19.4. The van der Waals surface area contributed by atoms with E-state index in [1.807, 2.05) is 37.3 Å². The van der Waals surface area contributed by atoms with Crippen molar-refractivity contribution in [1.29, 1.82) is 5.41 Å². The van der Waals surface area contributed by atoms with Crippen molar-refractivity contribution < 1.29 is 17.9 Å². The van der Waals surface area contributed by atoms with Crippen LogP contribution in [-0.2, 0) is 0 Å². The largest absolute Gasteiger partial charge is 0.573 e. The zero-order valence-corrected chi connectivity index (χ0v) is 13.2. The van der Waals surface area contributed by atoms with Crippen molar-refractivity contribution in [3.8, 4) is 5.75 Å². The van der Waals surface area contributed by atoms with Gasteiger partial charge in [0.05, 0.1) is 0 Å². The van der Waals surface area contributed by atoms with E-state index in [1.165, 1.54) is 24.3 Å². The van der Waals surface area contributed by atoms with Crippen LogP contribution < -0.4 is 10.1 Å². The number of anilines is 1. The van der Waals surface area contributed by atoms with E-state index in [0.717, 1.165) is 11.1 Å². The molecule has 3 nitrogen and oxygen atoms in total. The minimum Gasteiger partial charge on any atom is -0.406 e. The lowest BCUT2D eigenvalue weighted by Crippen LogP contribution is -2.17. The molecule has 0 aliphatic carbocycles. The van der Waals surface area contributed by atoms with Crippen molar-refractivity contribution >= 4 is 17.6 Å². The van der Waals surface area contributed by atoms with E-state index in [2.05, 4.69) is 10.1 Å². The molecule has 24 heavy (non-hydrogen) atoms. The average Bonchev–Trinajstić information content (AvgIpc) is 2.50. The van der Waals surface area contributed by atoms with Crippen LogP contribution in [0.1, 0.15) is 18.1 Å². The van der Waals surface area contributed by atoms with Gasteiger partial charge in [-0.15, -0.1) is 13.2 Å². The van der Waals surface area contributed by atoms with Crippen LogP contribution in [0.5, 0.6) is 5.75 Å². The maximum Gasteiger partial charge on any atom is 0.573 e. The summed E-state index contributed by atoms with van der Waals surface area (Å²) in [5, 5.41) is 10.9. The Bertz CT molecular complexity index is 750. The fraction of sp³-hybridized carbons (Fsp3) is 0.167. The van der Waals surface area contributed by atoms with Crippen LogP contribution in [0.2, 0.25) is 0 Å². The van der Waals surface area contributed by atoms with E-state index in [-0.39, 0.29) is 11.6 Å². The predicted octanol–water partition coefficient (Wildman–Crippen LogP) is 5.39. The maximum atomic E-state index is 12.1. The van der Waals surface area contributed by atoms with Crippen molar-refractivity contribution in [1.82, 2.24) is 0 Å². The number of nitrogens with one attached hydrogen (secondary N) is 2.